The normalized spacial score (nSPS) is 16.1. The van der Waals surface area contributed by atoms with Crippen molar-refractivity contribution in [3.05, 3.63) is 0 Å². The van der Waals surface area contributed by atoms with Gasteiger partial charge in [0, 0.05) is 9.74 Å². The summed E-state index contributed by atoms with van der Waals surface area (Å²) in [6, 6.07) is 0. The minimum absolute atomic E-state index is 0.418. The summed E-state index contributed by atoms with van der Waals surface area (Å²) >= 11 is 1.97. The van der Waals surface area contributed by atoms with Crippen LogP contribution in [0.1, 0.15) is 27.7 Å². The fraction of sp³-hybridized carbons (Fsp3) is 1.00. The largest absolute Gasteiger partial charge is 0.149 e. The molecule has 0 aliphatic carbocycles. The van der Waals surface area contributed by atoms with Crippen LogP contribution < -0.4 is 0 Å². The van der Waals surface area contributed by atoms with E-state index in [1.165, 1.54) is 0 Å². The number of hydrogen-bond acceptors (Lipinski definition) is 1. The van der Waals surface area contributed by atoms with Crippen molar-refractivity contribution < 1.29 is 0 Å². The monoisotopic (exact) mass is 150 g/mol. The van der Waals surface area contributed by atoms with Gasteiger partial charge in [-0.25, -0.2) is 0 Å². The lowest BCUT2D eigenvalue weighted by atomic mass is 10.3. The summed E-state index contributed by atoms with van der Waals surface area (Å²) in [6.07, 6.45) is 0. The van der Waals surface area contributed by atoms with Gasteiger partial charge in [0.05, 0.1) is 0 Å². The van der Waals surface area contributed by atoms with Crippen LogP contribution in [0.3, 0.4) is 0 Å². The molecule has 0 amide bonds. The first-order chi connectivity index (χ1) is 3.42. The molecule has 50 valence electrons. The lowest BCUT2D eigenvalue weighted by Crippen LogP contribution is -2.09. The molecule has 0 N–H and O–H groups in total. The molecule has 2 heteroatoms. The minimum atomic E-state index is 0.418. The number of rotatable bonds is 1. The summed E-state index contributed by atoms with van der Waals surface area (Å²) in [7, 11) is 2.78. The molecule has 0 aliphatic heterocycles. The van der Waals surface area contributed by atoms with Crippen molar-refractivity contribution in [2.24, 2.45) is 0 Å². The fourth-order valence-electron chi connectivity index (χ4n) is 0.558. The van der Waals surface area contributed by atoms with Crippen LogP contribution in [0.4, 0.5) is 0 Å². The lowest BCUT2D eigenvalue weighted by molar-refractivity contribution is 0.802. The molecular weight excluding hydrogens is 135 g/mol. The maximum absolute atomic E-state index is 2.78. The Balaban J connectivity index is 3.39. The number of thioether (sulfide) groups is 1. The van der Waals surface area contributed by atoms with E-state index >= 15 is 0 Å². The van der Waals surface area contributed by atoms with Gasteiger partial charge in [-0.15, -0.1) is 21.0 Å². The average Bonchev–Trinajstić information content (AvgIpc) is 1.21. The third kappa shape index (κ3) is 6.78. The van der Waals surface area contributed by atoms with Crippen molar-refractivity contribution in [1.29, 1.82) is 0 Å². The molecule has 0 saturated carbocycles. The van der Waals surface area contributed by atoms with Crippen molar-refractivity contribution in [2.75, 3.05) is 0 Å². The molecule has 0 bridgehead atoms. The predicted molar refractivity (Wildman–Crippen MR) is 46.5 cm³/mol. The van der Waals surface area contributed by atoms with Gasteiger partial charge in [-0.05, 0) is 6.92 Å². The molecule has 2 atom stereocenters. The summed E-state index contributed by atoms with van der Waals surface area (Å²) < 4.78 is 0.418. The molecule has 0 nitrogen and oxygen atoms in total. The van der Waals surface area contributed by atoms with Crippen LogP contribution in [-0.2, 0) is 0 Å². The second-order valence-electron chi connectivity index (χ2n) is 2.94. The van der Waals surface area contributed by atoms with Gasteiger partial charge in [-0.3, -0.25) is 0 Å². The van der Waals surface area contributed by atoms with E-state index in [2.05, 4.69) is 36.9 Å². The van der Waals surface area contributed by atoms with Crippen LogP contribution in [0.5, 0.6) is 0 Å². The van der Waals surface area contributed by atoms with E-state index in [4.69, 9.17) is 0 Å². The highest BCUT2D eigenvalue weighted by Gasteiger charge is 2.11. The highest BCUT2D eigenvalue weighted by atomic mass is 32.2. The standard InChI is InChI=1S/C6H15PS/c1-5(7)8-6(2,3)4/h5H,7H2,1-4H3. The Bertz CT molecular complexity index is 63.4. The first-order valence-electron chi connectivity index (χ1n) is 2.85. The molecule has 0 aromatic carbocycles. The van der Waals surface area contributed by atoms with Gasteiger partial charge in [-0.1, -0.05) is 20.8 Å². The zero-order valence-electron chi connectivity index (χ0n) is 6.06. The Morgan fingerprint density at radius 2 is 1.75 bits per heavy atom. The zero-order valence-corrected chi connectivity index (χ0v) is 8.03. The van der Waals surface area contributed by atoms with Gasteiger partial charge in [0.2, 0.25) is 0 Å². The molecule has 0 radical (unpaired) electrons. The first-order valence-corrected chi connectivity index (χ1v) is 4.40. The minimum Gasteiger partial charge on any atom is -0.149 e. The Morgan fingerprint density at radius 3 is 1.75 bits per heavy atom. The van der Waals surface area contributed by atoms with E-state index in [0.29, 0.717) is 9.74 Å². The van der Waals surface area contributed by atoms with Crippen LogP contribution in [0.25, 0.3) is 0 Å². The smallest absolute Gasteiger partial charge is 0.0167 e. The van der Waals surface area contributed by atoms with Crippen LogP contribution in [0.15, 0.2) is 0 Å². The number of hydrogen-bond donors (Lipinski definition) is 0. The zero-order chi connectivity index (χ0) is 6.78. The van der Waals surface area contributed by atoms with Crippen molar-refractivity contribution >= 4 is 21.0 Å². The van der Waals surface area contributed by atoms with Gasteiger partial charge in [0.1, 0.15) is 0 Å². The van der Waals surface area contributed by atoms with Crippen LogP contribution in [0.2, 0.25) is 0 Å². The van der Waals surface area contributed by atoms with Crippen molar-refractivity contribution in [2.45, 2.75) is 37.4 Å². The SMILES string of the molecule is CC(P)SC(C)(C)C. The molecule has 0 saturated heterocycles. The predicted octanol–water partition coefficient (Wildman–Crippen LogP) is 2.74. The van der Waals surface area contributed by atoms with Gasteiger partial charge in [0.25, 0.3) is 0 Å². The lowest BCUT2D eigenvalue weighted by Gasteiger charge is -2.19. The molecule has 0 spiro atoms. The Morgan fingerprint density at radius 1 is 1.38 bits per heavy atom. The third-order valence-electron chi connectivity index (χ3n) is 0.539. The van der Waals surface area contributed by atoms with Crippen molar-refractivity contribution in [3.63, 3.8) is 0 Å². The first kappa shape index (κ1) is 8.78. The molecule has 0 rings (SSSR count). The Hall–Kier alpha value is 0.780. The van der Waals surface area contributed by atoms with Gasteiger partial charge in [-0.2, -0.15) is 0 Å². The molecule has 2 unspecified atom stereocenters. The third-order valence-corrected chi connectivity index (χ3v) is 2.03. The molecule has 0 aliphatic rings. The summed E-state index contributed by atoms with van der Waals surface area (Å²) in [6.45, 7) is 8.90. The molecule has 0 aromatic heterocycles. The van der Waals surface area contributed by atoms with Crippen LogP contribution >= 0.6 is 21.0 Å². The molecule has 0 heterocycles. The molecular formula is C6H15PS. The highest BCUT2D eigenvalue weighted by Crippen LogP contribution is 2.30. The van der Waals surface area contributed by atoms with E-state index in [1.807, 2.05) is 11.8 Å². The second kappa shape index (κ2) is 3.08. The van der Waals surface area contributed by atoms with E-state index in [9.17, 15) is 0 Å². The van der Waals surface area contributed by atoms with Crippen LogP contribution in [0, 0.1) is 0 Å². The second-order valence-corrected chi connectivity index (χ2v) is 6.62. The van der Waals surface area contributed by atoms with Gasteiger partial charge >= 0.3 is 0 Å². The summed E-state index contributed by atoms with van der Waals surface area (Å²) in [5.74, 6) is 0. The van der Waals surface area contributed by atoms with E-state index < -0.39 is 0 Å². The van der Waals surface area contributed by atoms with E-state index in [0.717, 1.165) is 0 Å². The quantitative estimate of drug-likeness (QED) is 0.518. The summed E-state index contributed by atoms with van der Waals surface area (Å²) in [4.78, 5) is 0.676. The Kier molecular flexibility index (Phi) is 3.38. The van der Waals surface area contributed by atoms with E-state index in [-0.39, 0.29) is 0 Å². The van der Waals surface area contributed by atoms with Gasteiger partial charge < -0.3 is 0 Å². The molecule has 0 fully saturated rings. The van der Waals surface area contributed by atoms with Gasteiger partial charge in [0.15, 0.2) is 0 Å². The maximum atomic E-state index is 2.78. The summed E-state index contributed by atoms with van der Waals surface area (Å²) in [5, 5.41) is 0. The average molecular weight is 150 g/mol. The van der Waals surface area contributed by atoms with Crippen molar-refractivity contribution in [3.8, 4) is 0 Å². The Labute approximate surface area is 59.0 Å². The summed E-state index contributed by atoms with van der Waals surface area (Å²) in [5.41, 5.74) is 0. The van der Waals surface area contributed by atoms with Crippen LogP contribution in [-0.4, -0.2) is 9.74 Å². The molecule has 8 heavy (non-hydrogen) atoms. The maximum Gasteiger partial charge on any atom is 0.0167 e. The topological polar surface area (TPSA) is 0 Å². The molecule has 0 aromatic rings. The van der Waals surface area contributed by atoms with E-state index in [1.54, 1.807) is 0 Å². The highest BCUT2D eigenvalue weighted by molar-refractivity contribution is 8.04. The fourth-order valence-corrected chi connectivity index (χ4v) is 2.90. The van der Waals surface area contributed by atoms with Crippen molar-refractivity contribution in [1.82, 2.24) is 0 Å².